The Balaban J connectivity index is 1.84. The fourth-order valence-electron chi connectivity index (χ4n) is 2.26. The molecule has 0 saturated carbocycles. The largest absolute Gasteiger partial charge is 0.322 e. The maximum Gasteiger partial charge on any atom is 0.258 e. The van der Waals surface area contributed by atoms with Crippen LogP contribution < -0.4 is 10.9 Å². The standard InChI is InChI=1S/C17H13FN2O2/c18-14-7-3-4-8-15(14)19-16(21)11-20-10-9-12-5-1-2-6-13(12)17(20)22/h1-10H,11H2,(H,19,21). The zero-order valence-electron chi connectivity index (χ0n) is 11.6. The van der Waals surface area contributed by atoms with Crippen LogP contribution in [0.5, 0.6) is 0 Å². The van der Waals surface area contributed by atoms with Crippen molar-refractivity contribution in [3.63, 3.8) is 0 Å². The summed E-state index contributed by atoms with van der Waals surface area (Å²) in [6, 6.07) is 14.8. The van der Waals surface area contributed by atoms with Gasteiger partial charge in [-0.15, -0.1) is 0 Å². The summed E-state index contributed by atoms with van der Waals surface area (Å²) in [5.41, 5.74) is -0.150. The predicted octanol–water partition coefficient (Wildman–Crippen LogP) is 2.78. The van der Waals surface area contributed by atoms with E-state index in [9.17, 15) is 14.0 Å². The number of carbonyl (C=O) groups is 1. The number of nitrogens with zero attached hydrogens (tertiary/aromatic N) is 1. The second kappa shape index (κ2) is 5.81. The van der Waals surface area contributed by atoms with Crippen LogP contribution in [-0.2, 0) is 11.3 Å². The molecule has 1 aromatic heterocycles. The van der Waals surface area contributed by atoms with Crippen molar-refractivity contribution in [2.45, 2.75) is 6.54 Å². The summed E-state index contributed by atoms with van der Waals surface area (Å²) in [6.07, 6.45) is 1.56. The smallest absolute Gasteiger partial charge is 0.258 e. The normalized spacial score (nSPS) is 10.6. The van der Waals surface area contributed by atoms with Gasteiger partial charge in [0.15, 0.2) is 0 Å². The first-order valence-corrected chi connectivity index (χ1v) is 6.78. The molecule has 0 saturated heterocycles. The van der Waals surface area contributed by atoms with Crippen LogP contribution in [0.3, 0.4) is 0 Å². The lowest BCUT2D eigenvalue weighted by atomic mass is 10.2. The molecule has 5 heteroatoms. The number of fused-ring (bicyclic) bond motifs is 1. The molecule has 0 aliphatic rings. The summed E-state index contributed by atoms with van der Waals surface area (Å²) in [5.74, 6) is -0.968. The summed E-state index contributed by atoms with van der Waals surface area (Å²) in [7, 11) is 0. The number of rotatable bonds is 3. The van der Waals surface area contributed by atoms with E-state index in [1.165, 1.54) is 16.7 Å². The molecule has 1 heterocycles. The Morgan fingerprint density at radius 1 is 1.05 bits per heavy atom. The number of aromatic nitrogens is 1. The van der Waals surface area contributed by atoms with Gasteiger partial charge in [0.1, 0.15) is 12.4 Å². The highest BCUT2D eigenvalue weighted by atomic mass is 19.1. The molecule has 4 nitrogen and oxygen atoms in total. The van der Waals surface area contributed by atoms with Crippen LogP contribution in [0.15, 0.2) is 65.6 Å². The molecule has 0 aliphatic carbocycles. The molecule has 3 rings (SSSR count). The van der Waals surface area contributed by atoms with E-state index < -0.39 is 11.7 Å². The van der Waals surface area contributed by atoms with Crippen molar-refractivity contribution in [3.05, 3.63) is 77.0 Å². The zero-order valence-corrected chi connectivity index (χ0v) is 11.6. The minimum absolute atomic E-state index is 0.0985. The van der Waals surface area contributed by atoms with Gasteiger partial charge in [0, 0.05) is 11.6 Å². The van der Waals surface area contributed by atoms with E-state index in [2.05, 4.69) is 5.32 Å². The lowest BCUT2D eigenvalue weighted by Gasteiger charge is -2.09. The minimum Gasteiger partial charge on any atom is -0.322 e. The van der Waals surface area contributed by atoms with E-state index >= 15 is 0 Å². The highest BCUT2D eigenvalue weighted by Gasteiger charge is 2.09. The van der Waals surface area contributed by atoms with Crippen molar-refractivity contribution < 1.29 is 9.18 Å². The van der Waals surface area contributed by atoms with Crippen molar-refractivity contribution in [1.29, 1.82) is 0 Å². The topological polar surface area (TPSA) is 51.1 Å². The van der Waals surface area contributed by atoms with Gasteiger partial charge >= 0.3 is 0 Å². The van der Waals surface area contributed by atoms with Gasteiger partial charge < -0.3 is 9.88 Å². The summed E-state index contributed by atoms with van der Waals surface area (Å²) >= 11 is 0. The molecular formula is C17H13FN2O2. The molecule has 1 N–H and O–H groups in total. The fraction of sp³-hybridized carbons (Fsp3) is 0.0588. The third-order valence-electron chi connectivity index (χ3n) is 3.35. The number of carbonyl (C=O) groups excluding carboxylic acids is 1. The number of amides is 1. The highest BCUT2D eigenvalue weighted by Crippen LogP contribution is 2.12. The molecule has 0 aliphatic heterocycles. The molecule has 2 aromatic carbocycles. The predicted molar refractivity (Wildman–Crippen MR) is 83.2 cm³/mol. The van der Waals surface area contributed by atoms with Crippen LogP contribution in [-0.4, -0.2) is 10.5 Å². The van der Waals surface area contributed by atoms with E-state index in [1.54, 1.807) is 36.5 Å². The molecule has 0 fully saturated rings. The number of nitrogens with one attached hydrogen (secondary N) is 1. The van der Waals surface area contributed by atoms with Gasteiger partial charge in [-0.25, -0.2) is 4.39 Å². The Hall–Kier alpha value is -2.95. The Morgan fingerprint density at radius 2 is 1.77 bits per heavy atom. The lowest BCUT2D eigenvalue weighted by Crippen LogP contribution is -2.27. The number of anilines is 1. The van der Waals surface area contributed by atoms with Crippen molar-refractivity contribution in [1.82, 2.24) is 4.57 Å². The maximum atomic E-state index is 13.5. The van der Waals surface area contributed by atoms with Crippen molar-refractivity contribution >= 4 is 22.4 Å². The summed E-state index contributed by atoms with van der Waals surface area (Å²) in [4.78, 5) is 24.3. The first kappa shape index (κ1) is 14.0. The first-order valence-electron chi connectivity index (χ1n) is 6.78. The molecule has 0 radical (unpaired) electrons. The average molecular weight is 296 g/mol. The number of hydrogen-bond donors (Lipinski definition) is 1. The Kier molecular flexibility index (Phi) is 3.70. The first-order chi connectivity index (χ1) is 10.6. The third kappa shape index (κ3) is 2.74. The molecule has 0 bridgehead atoms. The van der Waals surface area contributed by atoms with Crippen LogP contribution in [0, 0.1) is 5.82 Å². The van der Waals surface area contributed by atoms with Gasteiger partial charge in [-0.3, -0.25) is 9.59 Å². The summed E-state index contributed by atoms with van der Waals surface area (Å²) < 4.78 is 14.8. The van der Waals surface area contributed by atoms with Crippen LogP contribution in [0.4, 0.5) is 10.1 Å². The fourth-order valence-corrected chi connectivity index (χ4v) is 2.26. The van der Waals surface area contributed by atoms with E-state index in [4.69, 9.17) is 0 Å². The highest BCUT2D eigenvalue weighted by molar-refractivity contribution is 5.91. The SMILES string of the molecule is O=C(Cn1ccc2ccccc2c1=O)Nc1ccccc1F. The van der Waals surface area contributed by atoms with Crippen molar-refractivity contribution in [3.8, 4) is 0 Å². The third-order valence-corrected chi connectivity index (χ3v) is 3.35. The number of para-hydroxylation sites is 1. The Bertz CT molecular complexity index is 902. The molecule has 22 heavy (non-hydrogen) atoms. The molecule has 0 unspecified atom stereocenters. The molecule has 0 atom stereocenters. The van der Waals surface area contributed by atoms with E-state index in [0.717, 1.165) is 5.39 Å². The van der Waals surface area contributed by atoms with Gasteiger partial charge in [-0.05, 0) is 29.7 Å². The second-order valence-corrected chi connectivity index (χ2v) is 4.86. The molecular weight excluding hydrogens is 283 g/mol. The van der Waals surface area contributed by atoms with Gasteiger partial charge in [-0.2, -0.15) is 0 Å². The van der Waals surface area contributed by atoms with Crippen LogP contribution in [0.1, 0.15) is 0 Å². The van der Waals surface area contributed by atoms with Gasteiger partial charge in [-0.1, -0.05) is 30.3 Å². The van der Waals surface area contributed by atoms with Gasteiger partial charge in [0.2, 0.25) is 5.91 Å². The van der Waals surface area contributed by atoms with Crippen LogP contribution in [0.2, 0.25) is 0 Å². The quantitative estimate of drug-likeness (QED) is 0.808. The molecule has 0 spiro atoms. The van der Waals surface area contributed by atoms with E-state index in [1.807, 2.05) is 12.1 Å². The number of halogens is 1. The maximum absolute atomic E-state index is 13.5. The lowest BCUT2D eigenvalue weighted by molar-refractivity contribution is -0.116. The number of benzene rings is 2. The summed E-state index contributed by atoms with van der Waals surface area (Å²) in [6.45, 7) is -0.169. The van der Waals surface area contributed by atoms with Gasteiger partial charge in [0.05, 0.1) is 5.69 Å². The van der Waals surface area contributed by atoms with Crippen LogP contribution >= 0.6 is 0 Å². The van der Waals surface area contributed by atoms with Crippen molar-refractivity contribution in [2.24, 2.45) is 0 Å². The van der Waals surface area contributed by atoms with E-state index in [-0.39, 0.29) is 17.8 Å². The minimum atomic E-state index is -0.512. The zero-order chi connectivity index (χ0) is 15.5. The average Bonchev–Trinajstić information content (AvgIpc) is 2.53. The molecule has 110 valence electrons. The summed E-state index contributed by atoms with van der Waals surface area (Å²) in [5, 5.41) is 3.82. The Morgan fingerprint density at radius 3 is 2.59 bits per heavy atom. The Labute approximate surface area is 125 Å². The number of pyridine rings is 1. The second-order valence-electron chi connectivity index (χ2n) is 4.86. The molecule has 1 amide bonds. The molecule has 3 aromatic rings. The number of hydrogen-bond acceptors (Lipinski definition) is 2. The monoisotopic (exact) mass is 296 g/mol. The van der Waals surface area contributed by atoms with Gasteiger partial charge in [0.25, 0.3) is 5.56 Å². The van der Waals surface area contributed by atoms with Crippen molar-refractivity contribution in [2.75, 3.05) is 5.32 Å². The van der Waals surface area contributed by atoms with Crippen LogP contribution in [0.25, 0.3) is 10.8 Å². The van der Waals surface area contributed by atoms with E-state index in [0.29, 0.717) is 5.39 Å².